The summed E-state index contributed by atoms with van der Waals surface area (Å²) in [6, 6.07) is 1.58. The highest BCUT2D eigenvalue weighted by Crippen LogP contribution is 2.09. The van der Waals surface area contributed by atoms with Crippen LogP contribution in [0.4, 0.5) is 0 Å². The lowest BCUT2D eigenvalue weighted by Gasteiger charge is -2.01. The molecule has 0 amide bonds. The van der Waals surface area contributed by atoms with Gasteiger partial charge in [-0.25, -0.2) is 0 Å². The molecule has 0 aliphatic heterocycles. The van der Waals surface area contributed by atoms with Crippen molar-refractivity contribution in [3.63, 3.8) is 0 Å². The quantitative estimate of drug-likeness (QED) is 0.572. The van der Waals surface area contributed by atoms with Crippen molar-refractivity contribution in [2.75, 3.05) is 0 Å². The van der Waals surface area contributed by atoms with Crippen LogP contribution in [0.15, 0.2) is 18.5 Å². The van der Waals surface area contributed by atoms with Crippen LogP contribution in [0.5, 0.6) is 5.75 Å². The molecule has 0 unspecified atom stereocenters. The van der Waals surface area contributed by atoms with Crippen LogP contribution >= 0.6 is 0 Å². The van der Waals surface area contributed by atoms with E-state index in [-0.39, 0.29) is 6.61 Å². The average Bonchev–Trinajstić information content (AvgIpc) is 2.06. The van der Waals surface area contributed by atoms with Gasteiger partial charge in [-0.15, -0.1) is 0 Å². The molecule has 0 atom stereocenters. The summed E-state index contributed by atoms with van der Waals surface area (Å²) < 4.78 is 4.61. The molecule has 57 valence electrons. The van der Waals surface area contributed by atoms with Gasteiger partial charge in [0.2, 0.25) is 0 Å². The largest absolute Gasteiger partial charge is 0.569 e. The van der Waals surface area contributed by atoms with Crippen LogP contribution in [0.2, 0.25) is 0 Å². The lowest BCUT2D eigenvalue weighted by atomic mass is 10.3. The molecule has 0 saturated heterocycles. The van der Waals surface area contributed by atoms with E-state index >= 15 is 0 Å². The average molecular weight is 152 g/mol. The Morgan fingerprint density at radius 2 is 2.36 bits per heavy atom. The van der Waals surface area contributed by atoms with E-state index in [0.717, 1.165) is 0 Å². The first kappa shape index (κ1) is 8.04. The molecule has 5 heteroatoms. The minimum Gasteiger partial charge on any atom is -0.536 e. The van der Waals surface area contributed by atoms with Gasteiger partial charge >= 0.3 is 7.69 Å². The number of aliphatic hydroxyl groups is 1. The number of aliphatic hydroxyl groups excluding tert-OH is 1. The van der Waals surface area contributed by atoms with E-state index in [1.54, 1.807) is 6.07 Å². The van der Waals surface area contributed by atoms with Gasteiger partial charge in [-0.2, -0.15) is 0 Å². The second kappa shape index (κ2) is 3.95. The van der Waals surface area contributed by atoms with Crippen LogP contribution in [0, 0.1) is 0 Å². The second-order valence-corrected chi connectivity index (χ2v) is 1.91. The van der Waals surface area contributed by atoms with Crippen LogP contribution in [0.3, 0.4) is 0 Å². The van der Waals surface area contributed by atoms with E-state index in [1.807, 2.05) is 0 Å². The van der Waals surface area contributed by atoms with Gasteiger partial charge in [0.25, 0.3) is 0 Å². The lowest BCUT2D eigenvalue weighted by Crippen LogP contribution is -2.00. The Balaban J connectivity index is 2.74. The molecule has 0 spiro atoms. The number of aromatic nitrogens is 1. The number of hydrogen-bond acceptors (Lipinski definition) is 4. The van der Waals surface area contributed by atoms with E-state index in [0.29, 0.717) is 19.0 Å². The van der Waals surface area contributed by atoms with E-state index in [1.165, 1.54) is 12.4 Å². The van der Waals surface area contributed by atoms with Crippen molar-refractivity contribution in [1.82, 2.24) is 4.98 Å². The van der Waals surface area contributed by atoms with Crippen molar-refractivity contribution >= 4 is 7.69 Å². The fourth-order valence-electron chi connectivity index (χ4n) is 0.676. The Kier molecular flexibility index (Phi) is 2.89. The zero-order valence-electron chi connectivity index (χ0n) is 5.77. The Labute approximate surface area is 64.8 Å². The molecule has 0 aromatic carbocycles. The minimum atomic E-state index is -0.0877. The fraction of sp³-hybridized carbons (Fsp3) is 0.167. The molecule has 1 aromatic rings. The first-order valence-electron chi connectivity index (χ1n) is 3.04. The van der Waals surface area contributed by atoms with E-state index < -0.39 is 0 Å². The van der Waals surface area contributed by atoms with Gasteiger partial charge in [0.1, 0.15) is 5.75 Å². The third-order valence-electron chi connectivity index (χ3n) is 1.14. The topological polar surface area (TPSA) is 62.6 Å². The molecule has 0 aliphatic carbocycles. The van der Waals surface area contributed by atoms with Crippen molar-refractivity contribution in [2.24, 2.45) is 0 Å². The maximum Gasteiger partial charge on any atom is 0.569 e. The van der Waals surface area contributed by atoms with Crippen LogP contribution in [0.1, 0.15) is 5.56 Å². The SMILES string of the molecule is O[B]Oc1cncc(CO)c1. The van der Waals surface area contributed by atoms with E-state index in [4.69, 9.17) is 10.1 Å². The van der Waals surface area contributed by atoms with Gasteiger partial charge in [-0.05, 0) is 11.6 Å². The van der Waals surface area contributed by atoms with Crippen LogP contribution in [0.25, 0.3) is 0 Å². The molecular weight excluding hydrogens is 145 g/mol. The van der Waals surface area contributed by atoms with Gasteiger partial charge in [0.15, 0.2) is 0 Å². The maximum atomic E-state index is 8.66. The standard InChI is InChI=1S/C6H7BNO3/c9-4-5-1-6(11-7-10)3-8-2-5/h1-3,9-10H,4H2. The second-order valence-electron chi connectivity index (χ2n) is 1.91. The Hall–Kier alpha value is -1.07. The van der Waals surface area contributed by atoms with Crippen molar-refractivity contribution in [3.8, 4) is 5.75 Å². The van der Waals surface area contributed by atoms with Gasteiger partial charge < -0.3 is 14.8 Å². The molecular formula is C6H7BNO3. The number of hydrogen-bond donors (Lipinski definition) is 2. The van der Waals surface area contributed by atoms with Crippen LogP contribution in [-0.4, -0.2) is 22.8 Å². The molecule has 1 aromatic heterocycles. The zero-order chi connectivity index (χ0) is 8.10. The molecule has 1 heterocycles. The first-order chi connectivity index (χ1) is 5.36. The maximum absolute atomic E-state index is 8.66. The first-order valence-corrected chi connectivity index (χ1v) is 3.04. The molecule has 0 bridgehead atoms. The van der Waals surface area contributed by atoms with Gasteiger partial charge in [-0.3, -0.25) is 4.98 Å². The van der Waals surface area contributed by atoms with Gasteiger partial charge in [-0.1, -0.05) is 0 Å². The lowest BCUT2D eigenvalue weighted by molar-refractivity contribution is 0.281. The number of pyridine rings is 1. The molecule has 2 N–H and O–H groups in total. The third-order valence-corrected chi connectivity index (χ3v) is 1.14. The Morgan fingerprint density at radius 3 is 3.00 bits per heavy atom. The summed E-state index contributed by atoms with van der Waals surface area (Å²) in [7, 11) is 0.568. The van der Waals surface area contributed by atoms with Crippen molar-refractivity contribution in [1.29, 1.82) is 0 Å². The number of rotatable bonds is 3. The molecule has 4 nitrogen and oxygen atoms in total. The summed E-state index contributed by atoms with van der Waals surface area (Å²) in [5, 5.41) is 16.9. The van der Waals surface area contributed by atoms with Crippen molar-refractivity contribution < 1.29 is 14.8 Å². The summed E-state index contributed by atoms with van der Waals surface area (Å²) in [6.07, 6.45) is 2.95. The highest BCUT2D eigenvalue weighted by atomic mass is 16.5. The smallest absolute Gasteiger partial charge is 0.536 e. The fourth-order valence-corrected chi connectivity index (χ4v) is 0.676. The molecule has 11 heavy (non-hydrogen) atoms. The Bertz CT molecular complexity index is 231. The van der Waals surface area contributed by atoms with E-state index in [2.05, 4.69) is 9.64 Å². The highest BCUT2D eigenvalue weighted by Gasteiger charge is 1.96. The van der Waals surface area contributed by atoms with Crippen molar-refractivity contribution in [2.45, 2.75) is 6.61 Å². The minimum absolute atomic E-state index is 0.0877. The Morgan fingerprint density at radius 1 is 1.55 bits per heavy atom. The summed E-state index contributed by atoms with van der Waals surface area (Å²) in [4.78, 5) is 3.76. The summed E-state index contributed by atoms with van der Waals surface area (Å²) in [5.41, 5.74) is 0.643. The predicted octanol–water partition coefficient (Wildman–Crippen LogP) is -0.521. The summed E-state index contributed by atoms with van der Waals surface area (Å²) in [5.74, 6) is 0.402. The molecule has 0 saturated carbocycles. The third kappa shape index (κ3) is 2.21. The summed E-state index contributed by atoms with van der Waals surface area (Å²) >= 11 is 0. The summed E-state index contributed by atoms with van der Waals surface area (Å²) in [6.45, 7) is -0.0877. The van der Waals surface area contributed by atoms with Crippen molar-refractivity contribution in [3.05, 3.63) is 24.0 Å². The molecule has 1 radical (unpaired) electrons. The van der Waals surface area contributed by atoms with E-state index in [9.17, 15) is 0 Å². The van der Waals surface area contributed by atoms with Gasteiger partial charge in [0, 0.05) is 6.20 Å². The highest BCUT2D eigenvalue weighted by molar-refractivity contribution is 6.17. The molecule has 1 rings (SSSR count). The van der Waals surface area contributed by atoms with Crippen LogP contribution < -0.4 is 4.65 Å². The molecule has 0 fully saturated rings. The van der Waals surface area contributed by atoms with Gasteiger partial charge in [0.05, 0.1) is 12.8 Å². The van der Waals surface area contributed by atoms with Crippen LogP contribution in [-0.2, 0) is 6.61 Å². The number of nitrogens with zero attached hydrogens (tertiary/aromatic N) is 1. The molecule has 0 aliphatic rings. The zero-order valence-corrected chi connectivity index (χ0v) is 5.77. The normalized spacial score (nSPS) is 9.27. The predicted molar refractivity (Wildman–Crippen MR) is 38.8 cm³/mol. The monoisotopic (exact) mass is 152 g/mol.